The van der Waals surface area contributed by atoms with Crippen LogP contribution in [0.15, 0.2) is 36.5 Å². The lowest BCUT2D eigenvalue weighted by Crippen LogP contribution is -2.26. The summed E-state index contributed by atoms with van der Waals surface area (Å²) < 4.78 is 16.6. The summed E-state index contributed by atoms with van der Waals surface area (Å²) in [5.74, 6) is 0. The van der Waals surface area contributed by atoms with Crippen molar-refractivity contribution in [1.29, 1.82) is 0 Å². The molecular weight excluding hydrogens is 432 g/mol. The standard InChI is InChI=1S/C15H26O3.C9H20.C8H18/c1-4-7-10-16-13-15(18-12-9-6-3)14-17-11-8-5-2;1-5-9(6-2,7-3)8-4;1-5-8(4,6-2)7-3/h4-9,15H,10-14H2,1-3H3;5-8H2,1-4H3;5-7H2,1-4H3/b7-4+,8-5+,9-6+;;. The van der Waals surface area contributed by atoms with E-state index >= 15 is 0 Å². The number of ether oxygens (including phenoxy) is 3. The lowest BCUT2D eigenvalue weighted by atomic mass is 9.78. The molecule has 35 heavy (non-hydrogen) atoms. The maximum Gasteiger partial charge on any atom is 0.105 e. The van der Waals surface area contributed by atoms with Crippen molar-refractivity contribution in [2.75, 3.05) is 33.0 Å². The van der Waals surface area contributed by atoms with Crippen molar-refractivity contribution in [2.24, 2.45) is 10.8 Å². The van der Waals surface area contributed by atoms with E-state index in [4.69, 9.17) is 14.2 Å². The van der Waals surface area contributed by atoms with Crippen LogP contribution in [0.1, 0.15) is 121 Å². The van der Waals surface area contributed by atoms with Gasteiger partial charge in [0.2, 0.25) is 0 Å². The minimum atomic E-state index is -0.0169. The third kappa shape index (κ3) is 23.3. The van der Waals surface area contributed by atoms with E-state index in [9.17, 15) is 0 Å². The topological polar surface area (TPSA) is 27.7 Å². The summed E-state index contributed by atoms with van der Waals surface area (Å²) >= 11 is 0. The lowest BCUT2D eigenvalue weighted by molar-refractivity contribution is -0.0429. The Labute approximate surface area is 221 Å². The van der Waals surface area contributed by atoms with Crippen LogP contribution in [0.2, 0.25) is 0 Å². The molecule has 0 heterocycles. The summed E-state index contributed by atoms with van der Waals surface area (Å²) in [5, 5.41) is 0. The van der Waals surface area contributed by atoms with E-state index in [0.717, 1.165) is 0 Å². The largest absolute Gasteiger partial charge is 0.375 e. The van der Waals surface area contributed by atoms with E-state index in [-0.39, 0.29) is 6.10 Å². The highest BCUT2D eigenvalue weighted by atomic mass is 16.6. The normalized spacial score (nSPS) is 12.3. The lowest BCUT2D eigenvalue weighted by Gasteiger charge is -2.28. The van der Waals surface area contributed by atoms with E-state index in [1.54, 1.807) is 0 Å². The molecule has 0 unspecified atom stereocenters. The maximum atomic E-state index is 5.66. The van der Waals surface area contributed by atoms with Crippen LogP contribution in [-0.2, 0) is 14.2 Å². The van der Waals surface area contributed by atoms with Gasteiger partial charge in [-0.2, -0.15) is 0 Å². The fourth-order valence-electron chi connectivity index (χ4n) is 3.41. The van der Waals surface area contributed by atoms with Crippen molar-refractivity contribution in [3.8, 4) is 0 Å². The molecule has 210 valence electrons. The molecule has 0 aromatic carbocycles. The molecule has 0 radical (unpaired) electrons. The molecule has 0 rings (SSSR count). The average Bonchev–Trinajstić information content (AvgIpc) is 2.90. The van der Waals surface area contributed by atoms with Crippen LogP contribution in [0.5, 0.6) is 0 Å². The molecule has 0 fully saturated rings. The van der Waals surface area contributed by atoms with Crippen molar-refractivity contribution in [3.63, 3.8) is 0 Å². The third-order valence-corrected chi connectivity index (χ3v) is 7.73. The Morgan fingerprint density at radius 1 is 0.543 bits per heavy atom. The zero-order valence-electron chi connectivity index (χ0n) is 25.8. The van der Waals surface area contributed by atoms with Crippen molar-refractivity contribution < 1.29 is 14.2 Å². The van der Waals surface area contributed by atoms with Gasteiger partial charge in [-0.25, -0.2) is 0 Å². The highest BCUT2D eigenvalue weighted by molar-refractivity contribution is 4.79. The van der Waals surface area contributed by atoms with E-state index in [0.29, 0.717) is 43.9 Å². The molecular formula is C32H64O3. The average molecular weight is 497 g/mol. The number of rotatable bonds is 18. The van der Waals surface area contributed by atoms with Crippen LogP contribution in [0.3, 0.4) is 0 Å². The van der Waals surface area contributed by atoms with Crippen LogP contribution >= 0.6 is 0 Å². The molecule has 3 heteroatoms. The van der Waals surface area contributed by atoms with Gasteiger partial charge in [0.25, 0.3) is 0 Å². The zero-order chi connectivity index (χ0) is 27.4. The predicted octanol–water partition coefficient (Wildman–Crippen LogP) is 9.97. The molecule has 0 N–H and O–H groups in total. The van der Waals surface area contributed by atoms with Crippen molar-refractivity contribution in [3.05, 3.63) is 36.5 Å². The van der Waals surface area contributed by atoms with Crippen LogP contribution < -0.4 is 0 Å². The first-order chi connectivity index (χ1) is 16.8. The molecule has 0 aliphatic rings. The molecule has 0 saturated heterocycles. The van der Waals surface area contributed by atoms with E-state index in [1.807, 2.05) is 57.2 Å². The molecule has 0 aliphatic carbocycles. The Morgan fingerprint density at radius 3 is 1.11 bits per heavy atom. The quantitative estimate of drug-likeness (QED) is 0.139. The number of hydrogen-bond acceptors (Lipinski definition) is 3. The van der Waals surface area contributed by atoms with Gasteiger partial charge in [0.05, 0.1) is 33.0 Å². The summed E-state index contributed by atoms with van der Waals surface area (Å²) in [6.45, 7) is 27.2. The molecule has 0 aliphatic heterocycles. The first-order valence-corrected chi connectivity index (χ1v) is 14.4. The second kappa shape index (κ2) is 27.7. The van der Waals surface area contributed by atoms with Gasteiger partial charge in [0.1, 0.15) is 6.10 Å². The third-order valence-electron chi connectivity index (χ3n) is 7.73. The Kier molecular flexibility index (Phi) is 30.6. The van der Waals surface area contributed by atoms with Gasteiger partial charge in [0, 0.05) is 0 Å². The number of hydrogen-bond donors (Lipinski definition) is 0. The first kappa shape index (κ1) is 38.6. The van der Waals surface area contributed by atoms with Gasteiger partial charge >= 0.3 is 0 Å². The molecule has 0 saturated carbocycles. The van der Waals surface area contributed by atoms with Gasteiger partial charge in [-0.15, -0.1) is 0 Å². The van der Waals surface area contributed by atoms with Crippen LogP contribution in [0.25, 0.3) is 0 Å². The molecule has 0 bridgehead atoms. The van der Waals surface area contributed by atoms with Gasteiger partial charge in [-0.3, -0.25) is 0 Å². The molecule has 0 spiro atoms. The Balaban J connectivity index is -0.000000501. The molecule has 0 aromatic heterocycles. The van der Waals surface area contributed by atoms with Crippen molar-refractivity contribution in [1.82, 2.24) is 0 Å². The summed E-state index contributed by atoms with van der Waals surface area (Å²) in [5.41, 5.74) is 1.29. The smallest absolute Gasteiger partial charge is 0.105 e. The molecule has 0 aromatic rings. The van der Waals surface area contributed by atoms with Crippen LogP contribution in [0, 0.1) is 10.8 Å². The van der Waals surface area contributed by atoms with Gasteiger partial charge < -0.3 is 14.2 Å². The fourth-order valence-corrected chi connectivity index (χ4v) is 3.41. The molecule has 3 nitrogen and oxygen atoms in total. The highest BCUT2D eigenvalue weighted by Gasteiger charge is 2.20. The van der Waals surface area contributed by atoms with Gasteiger partial charge in [0.15, 0.2) is 0 Å². The fraction of sp³-hybridized carbons (Fsp3) is 0.812. The summed E-state index contributed by atoms with van der Waals surface area (Å²) in [4.78, 5) is 0. The SMILES string of the molecule is C/C=C/COCC(COC/C=C/C)OC/C=C/C.CCC(C)(CC)CC.CCC(CC)(CC)CC. The Hall–Kier alpha value is -0.900. The summed E-state index contributed by atoms with van der Waals surface area (Å²) in [6.07, 6.45) is 21.2. The second-order valence-electron chi connectivity index (χ2n) is 9.52. The first-order valence-electron chi connectivity index (χ1n) is 14.4. The minimum absolute atomic E-state index is 0.0169. The van der Waals surface area contributed by atoms with E-state index in [1.165, 1.54) is 44.9 Å². The minimum Gasteiger partial charge on any atom is -0.375 e. The second-order valence-corrected chi connectivity index (χ2v) is 9.52. The Bertz CT molecular complexity index is 441. The molecule has 0 amide bonds. The highest BCUT2D eigenvalue weighted by Crippen LogP contribution is 2.33. The van der Waals surface area contributed by atoms with E-state index < -0.39 is 0 Å². The van der Waals surface area contributed by atoms with Crippen LogP contribution in [-0.4, -0.2) is 39.1 Å². The van der Waals surface area contributed by atoms with Crippen LogP contribution in [0.4, 0.5) is 0 Å². The zero-order valence-corrected chi connectivity index (χ0v) is 25.8. The number of allylic oxidation sites excluding steroid dienone is 3. The summed E-state index contributed by atoms with van der Waals surface area (Å²) in [6, 6.07) is 0. The van der Waals surface area contributed by atoms with E-state index in [2.05, 4.69) is 55.4 Å². The molecule has 0 atom stereocenters. The van der Waals surface area contributed by atoms with Gasteiger partial charge in [-0.05, 0) is 31.6 Å². The Morgan fingerprint density at radius 2 is 0.886 bits per heavy atom. The van der Waals surface area contributed by atoms with Gasteiger partial charge in [-0.1, -0.05) is 137 Å². The monoisotopic (exact) mass is 496 g/mol. The van der Waals surface area contributed by atoms with Crippen molar-refractivity contribution >= 4 is 0 Å². The van der Waals surface area contributed by atoms with Crippen molar-refractivity contribution in [2.45, 2.75) is 127 Å². The summed E-state index contributed by atoms with van der Waals surface area (Å²) in [7, 11) is 0. The maximum absolute atomic E-state index is 5.66. The predicted molar refractivity (Wildman–Crippen MR) is 158 cm³/mol.